The van der Waals surface area contributed by atoms with Gasteiger partial charge >= 0.3 is 0 Å². The van der Waals surface area contributed by atoms with Crippen molar-refractivity contribution < 1.29 is 9.84 Å². The van der Waals surface area contributed by atoms with E-state index in [2.05, 4.69) is 28.9 Å². The maximum Gasteiger partial charge on any atom is 0.162 e. The molecule has 0 aliphatic carbocycles. The van der Waals surface area contributed by atoms with Crippen LogP contribution in [-0.2, 0) is 6.42 Å². The van der Waals surface area contributed by atoms with Crippen LogP contribution in [0.5, 0.6) is 11.5 Å². The molecule has 1 N–H and O–H groups in total. The van der Waals surface area contributed by atoms with E-state index in [1.54, 1.807) is 13.2 Å². The third kappa shape index (κ3) is 2.79. The number of rotatable bonds is 4. The molecule has 0 atom stereocenters. The Hall–Kier alpha value is -0.960. The van der Waals surface area contributed by atoms with Gasteiger partial charge in [-0.1, -0.05) is 34.5 Å². The molecule has 0 saturated carbocycles. The number of halogens is 1. The fourth-order valence-electron chi connectivity index (χ4n) is 1.58. The summed E-state index contributed by atoms with van der Waals surface area (Å²) in [4.78, 5) is 0. The molecule has 16 heavy (non-hydrogen) atoms. The minimum absolute atomic E-state index is 0.227. The van der Waals surface area contributed by atoms with E-state index in [4.69, 9.17) is 4.74 Å². The maximum atomic E-state index is 10.0. The number of methoxy groups -OCH3 is 1. The molecule has 1 rings (SSSR count). The van der Waals surface area contributed by atoms with Crippen LogP contribution in [0.4, 0.5) is 0 Å². The van der Waals surface area contributed by atoms with E-state index in [1.165, 1.54) is 5.57 Å². The maximum absolute atomic E-state index is 10.0. The van der Waals surface area contributed by atoms with Crippen molar-refractivity contribution in [2.45, 2.75) is 26.7 Å². The van der Waals surface area contributed by atoms with Gasteiger partial charge in [-0.05, 0) is 31.9 Å². The molecule has 0 fully saturated rings. The molecule has 0 spiro atoms. The largest absolute Gasteiger partial charge is 0.504 e. The van der Waals surface area contributed by atoms with Crippen molar-refractivity contribution in [2.24, 2.45) is 0 Å². The number of hydrogen-bond donors (Lipinski definition) is 1. The summed E-state index contributed by atoms with van der Waals surface area (Å²) in [5, 5.41) is 10.0. The lowest BCUT2D eigenvalue weighted by Gasteiger charge is -2.12. The Kier molecular flexibility index (Phi) is 4.87. The molecule has 0 amide bonds. The molecular formula is C13H17BrO2. The zero-order chi connectivity index (χ0) is 12.1. The summed E-state index contributed by atoms with van der Waals surface area (Å²) < 4.78 is 6.01. The van der Waals surface area contributed by atoms with Gasteiger partial charge in [0.25, 0.3) is 0 Å². The second kappa shape index (κ2) is 5.94. The molecule has 0 heterocycles. The molecule has 88 valence electrons. The molecular weight excluding hydrogens is 268 g/mol. The van der Waals surface area contributed by atoms with Crippen LogP contribution in [-0.4, -0.2) is 12.2 Å². The van der Waals surface area contributed by atoms with Crippen LogP contribution < -0.4 is 4.74 Å². The van der Waals surface area contributed by atoms with Gasteiger partial charge in [0, 0.05) is 10.0 Å². The van der Waals surface area contributed by atoms with Gasteiger partial charge in [-0.2, -0.15) is 0 Å². The fraction of sp³-hybridized carbons (Fsp3) is 0.385. The van der Waals surface area contributed by atoms with Gasteiger partial charge in [-0.15, -0.1) is 0 Å². The number of phenolic OH excluding ortho intramolecular Hbond substituents is 1. The lowest BCUT2D eigenvalue weighted by atomic mass is 10.0. The van der Waals surface area contributed by atoms with Crippen LogP contribution in [0.2, 0.25) is 0 Å². The highest BCUT2D eigenvalue weighted by atomic mass is 79.9. The summed E-state index contributed by atoms with van der Waals surface area (Å²) in [6.45, 7) is 4.13. The molecule has 2 nitrogen and oxygen atoms in total. The van der Waals surface area contributed by atoms with Gasteiger partial charge in [-0.3, -0.25) is 0 Å². The lowest BCUT2D eigenvalue weighted by molar-refractivity contribution is 0.370. The van der Waals surface area contributed by atoms with Crippen LogP contribution in [0.1, 0.15) is 25.8 Å². The molecule has 3 heteroatoms. The van der Waals surface area contributed by atoms with Crippen molar-refractivity contribution in [3.8, 4) is 11.5 Å². The van der Waals surface area contributed by atoms with E-state index < -0.39 is 0 Å². The van der Waals surface area contributed by atoms with Crippen LogP contribution in [0, 0.1) is 0 Å². The van der Waals surface area contributed by atoms with Crippen LogP contribution in [0.3, 0.4) is 0 Å². The number of hydrogen-bond acceptors (Lipinski definition) is 2. The molecule has 0 bridgehead atoms. The third-order valence-corrected chi connectivity index (χ3v) is 3.42. The van der Waals surface area contributed by atoms with E-state index in [0.29, 0.717) is 5.75 Å². The first-order chi connectivity index (χ1) is 7.63. The van der Waals surface area contributed by atoms with Crippen molar-refractivity contribution in [1.82, 2.24) is 0 Å². The standard InChI is InChI=1S/C13H17BrO2/c1-4-9(5-2)8-10-11(14)6-7-12(16-3)13(10)15/h4,6-7,15H,5,8H2,1-3H3/b9-4+. The summed E-state index contributed by atoms with van der Waals surface area (Å²) in [6, 6.07) is 3.65. The predicted octanol–water partition coefficient (Wildman–Crippen LogP) is 4.06. The zero-order valence-electron chi connectivity index (χ0n) is 9.88. The summed E-state index contributed by atoms with van der Waals surface area (Å²) in [6.07, 6.45) is 3.82. The molecule has 0 saturated heterocycles. The van der Waals surface area contributed by atoms with Gasteiger partial charge in [0.1, 0.15) is 0 Å². The molecule has 0 aliphatic heterocycles. The molecule has 0 aromatic heterocycles. The highest BCUT2D eigenvalue weighted by Gasteiger charge is 2.12. The van der Waals surface area contributed by atoms with Gasteiger partial charge in [0.15, 0.2) is 11.5 Å². The molecule has 0 unspecified atom stereocenters. The van der Waals surface area contributed by atoms with E-state index in [1.807, 2.05) is 13.0 Å². The SMILES string of the molecule is C/C=C(\CC)Cc1c(Br)ccc(OC)c1O. The highest BCUT2D eigenvalue weighted by Crippen LogP contribution is 2.36. The van der Waals surface area contributed by atoms with Crippen molar-refractivity contribution in [1.29, 1.82) is 0 Å². The highest BCUT2D eigenvalue weighted by molar-refractivity contribution is 9.10. The van der Waals surface area contributed by atoms with Crippen molar-refractivity contribution in [2.75, 3.05) is 7.11 Å². The number of aromatic hydroxyl groups is 1. The summed E-state index contributed by atoms with van der Waals surface area (Å²) in [7, 11) is 1.56. The van der Waals surface area contributed by atoms with Gasteiger partial charge in [-0.25, -0.2) is 0 Å². The first kappa shape index (κ1) is 13.1. The average Bonchev–Trinajstić information content (AvgIpc) is 2.30. The Morgan fingerprint density at radius 1 is 1.50 bits per heavy atom. The smallest absolute Gasteiger partial charge is 0.162 e. The second-order valence-electron chi connectivity index (χ2n) is 3.55. The Balaban J connectivity index is 3.12. The van der Waals surface area contributed by atoms with E-state index in [0.717, 1.165) is 22.9 Å². The average molecular weight is 285 g/mol. The fourth-order valence-corrected chi connectivity index (χ4v) is 2.04. The molecule has 0 radical (unpaired) electrons. The minimum atomic E-state index is 0.227. The first-order valence-corrected chi connectivity index (χ1v) is 6.11. The van der Waals surface area contributed by atoms with Crippen LogP contribution in [0.15, 0.2) is 28.3 Å². The number of phenols is 1. The van der Waals surface area contributed by atoms with Crippen LogP contribution >= 0.6 is 15.9 Å². The zero-order valence-corrected chi connectivity index (χ0v) is 11.5. The molecule has 1 aromatic rings. The van der Waals surface area contributed by atoms with E-state index in [-0.39, 0.29) is 5.75 Å². The summed E-state index contributed by atoms with van der Waals surface area (Å²) in [5.74, 6) is 0.745. The Bertz CT molecular complexity index is 397. The Labute approximate surface area is 105 Å². The van der Waals surface area contributed by atoms with Crippen molar-refractivity contribution in [3.63, 3.8) is 0 Å². The summed E-state index contributed by atoms with van der Waals surface area (Å²) >= 11 is 3.45. The predicted molar refractivity (Wildman–Crippen MR) is 70.1 cm³/mol. The monoisotopic (exact) mass is 284 g/mol. The van der Waals surface area contributed by atoms with Crippen LogP contribution in [0.25, 0.3) is 0 Å². The van der Waals surface area contributed by atoms with Gasteiger partial charge in [0.05, 0.1) is 7.11 Å². The van der Waals surface area contributed by atoms with Crippen molar-refractivity contribution >= 4 is 15.9 Å². The van der Waals surface area contributed by atoms with Crippen molar-refractivity contribution in [3.05, 3.63) is 33.8 Å². The van der Waals surface area contributed by atoms with Gasteiger partial charge < -0.3 is 9.84 Å². The first-order valence-electron chi connectivity index (χ1n) is 5.32. The molecule has 1 aromatic carbocycles. The number of ether oxygens (including phenoxy) is 1. The molecule has 0 aliphatic rings. The Morgan fingerprint density at radius 2 is 2.19 bits per heavy atom. The quantitative estimate of drug-likeness (QED) is 0.845. The van der Waals surface area contributed by atoms with E-state index in [9.17, 15) is 5.11 Å². The number of allylic oxidation sites excluding steroid dienone is 2. The minimum Gasteiger partial charge on any atom is -0.504 e. The topological polar surface area (TPSA) is 29.5 Å². The summed E-state index contributed by atoms with van der Waals surface area (Å²) in [5.41, 5.74) is 2.18. The second-order valence-corrected chi connectivity index (χ2v) is 4.41. The number of benzene rings is 1. The van der Waals surface area contributed by atoms with E-state index >= 15 is 0 Å². The van der Waals surface area contributed by atoms with Gasteiger partial charge in [0.2, 0.25) is 0 Å². The Morgan fingerprint density at radius 3 is 2.69 bits per heavy atom. The lowest BCUT2D eigenvalue weighted by Crippen LogP contribution is -1.94. The third-order valence-electron chi connectivity index (χ3n) is 2.67. The normalized spacial score (nSPS) is 11.6.